The first-order valence-electron chi connectivity index (χ1n) is 5.67. The van der Waals surface area contributed by atoms with Crippen molar-refractivity contribution in [1.29, 1.82) is 0 Å². The largest absolute Gasteiger partial charge is 0.271 e. The van der Waals surface area contributed by atoms with Crippen molar-refractivity contribution in [1.82, 2.24) is 5.43 Å². The summed E-state index contributed by atoms with van der Waals surface area (Å²) in [6.45, 7) is 6.11. The Morgan fingerprint density at radius 1 is 1.53 bits per heavy atom. The number of thioether (sulfide) groups is 1. The molecule has 0 aromatic heterocycles. The molecule has 0 heterocycles. The molecule has 2 nitrogen and oxygen atoms in total. The highest BCUT2D eigenvalue weighted by molar-refractivity contribution is 7.99. The van der Waals surface area contributed by atoms with Gasteiger partial charge in [-0.05, 0) is 25.0 Å². The molecule has 17 heavy (non-hydrogen) atoms. The van der Waals surface area contributed by atoms with Crippen LogP contribution in [0.1, 0.15) is 19.8 Å². The van der Waals surface area contributed by atoms with E-state index in [1.807, 2.05) is 24.3 Å². The van der Waals surface area contributed by atoms with E-state index in [0.717, 1.165) is 28.5 Å². The number of hydrazine groups is 1. The van der Waals surface area contributed by atoms with Crippen molar-refractivity contribution in [2.24, 2.45) is 5.84 Å². The molecule has 3 N–H and O–H groups in total. The minimum atomic E-state index is 0.240. The maximum absolute atomic E-state index is 6.09. The number of hydrogen-bond donors (Lipinski definition) is 2. The second kappa shape index (κ2) is 7.77. The highest BCUT2D eigenvalue weighted by atomic mass is 35.5. The van der Waals surface area contributed by atoms with Crippen LogP contribution in [-0.2, 0) is 0 Å². The molecule has 0 amide bonds. The number of halogens is 1. The molecule has 4 heteroatoms. The van der Waals surface area contributed by atoms with Gasteiger partial charge in [0, 0.05) is 16.7 Å². The van der Waals surface area contributed by atoms with Crippen LogP contribution in [0, 0.1) is 0 Å². The molecule has 0 aliphatic rings. The van der Waals surface area contributed by atoms with E-state index in [2.05, 4.69) is 18.9 Å². The van der Waals surface area contributed by atoms with Gasteiger partial charge >= 0.3 is 0 Å². The monoisotopic (exact) mass is 270 g/mol. The molecule has 0 aliphatic carbocycles. The van der Waals surface area contributed by atoms with Gasteiger partial charge in [-0.25, -0.2) is 0 Å². The van der Waals surface area contributed by atoms with Crippen molar-refractivity contribution in [3.63, 3.8) is 0 Å². The third-order valence-electron chi connectivity index (χ3n) is 2.55. The SMILES string of the molecule is C=C(CC)CC(CSc1ccccc1Cl)NN. The van der Waals surface area contributed by atoms with E-state index >= 15 is 0 Å². The lowest BCUT2D eigenvalue weighted by Gasteiger charge is -2.16. The zero-order valence-electron chi connectivity index (χ0n) is 10.1. The van der Waals surface area contributed by atoms with Gasteiger partial charge in [-0.3, -0.25) is 11.3 Å². The van der Waals surface area contributed by atoms with Gasteiger partial charge in [0.2, 0.25) is 0 Å². The second-order valence-electron chi connectivity index (χ2n) is 3.91. The van der Waals surface area contributed by atoms with Crippen LogP contribution in [0.5, 0.6) is 0 Å². The summed E-state index contributed by atoms with van der Waals surface area (Å²) < 4.78 is 0. The summed E-state index contributed by atoms with van der Waals surface area (Å²) in [6, 6.07) is 8.09. The smallest absolute Gasteiger partial charge is 0.0541 e. The fourth-order valence-corrected chi connectivity index (χ4v) is 2.69. The van der Waals surface area contributed by atoms with E-state index in [1.54, 1.807) is 11.8 Å². The minimum Gasteiger partial charge on any atom is -0.271 e. The third kappa shape index (κ3) is 5.13. The van der Waals surface area contributed by atoms with Crippen molar-refractivity contribution in [3.05, 3.63) is 41.4 Å². The van der Waals surface area contributed by atoms with Gasteiger partial charge < -0.3 is 0 Å². The highest BCUT2D eigenvalue weighted by Crippen LogP contribution is 2.27. The first kappa shape index (κ1) is 14.6. The van der Waals surface area contributed by atoms with Gasteiger partial charge in [0.1, 0.15) is 0 Å². The summed E-state index contributed by atoms with van der Waals surface area (Å²) in [6.07, 6.45) is 1.90. The summed E-state index contributed by atoms with van der Waals surface area (Å²) in [5.41, 5.74) is 4.05. The zero-order chi connectivity index (χ0) is 12.7. The molecule has 1 aromatic rings. The maximum atomic E-state index is 6.09. The van der Waals surface area contributed by atoms with Crippen molar-refractivity contribution >= 4 is 23.4 Å². The van der Waals surface area contributed by atoms with E-state index in [1.165, 1.54) is 5.57 Å². The molecule has 0 spiro atoms. The van der Waals surface area contributed by atoms with E-state index < -0.39 is 0 Å². The van der Waals surface area contributed by atoms with Gasteiger partial charge in [-0.2, -0.15) is 0 Å². The molecule has 0 aliphatic heterocycles. The lowest BCUT2D eigenvalue weighted by atomic mass is 10.1. The van der Waals surface area contributed by atoms with Crippen molar-refractivity contribution in [3.8, 4) is 0 Å². The number of hydrogen-bond acceptors (Lipinski definition) is 3. The molecule has 0 radical (unpaired) electrons. The summed E-state index contributed by atoms with van der Waals surface area (Å²) >= 11 is 7.81. The lowest BCUT2D eigenvalue weighted by molar-refractivity contribution is 0.568. The Morgan fingerprint density at radius 2 is 2.24 bits per heavy atom. The van der Waals surface area contributed by atoms with Gasteiger partial charge in [-0.15, -0.1) is 11.8 Å². The van der Waals surface area contributed by atoms with E-state index in [4.69, 9.17) is 17.4 Å². The van der Waals surface area contributed by atoms with Crippen molar-refractivity contribution in [2.45, 2.75) is 30.7 Å². The van der Waals surface area contributed by atoms with Gasteiger partial charge in [-0.1, -0.05) is 42.8 Å². The summed E-state index contributed by atoms with van der Waals surface area (Å²) in [5.74, 6) is 6.43. The first-order chi connectivity index (χ1) is 8.17. The van der Waals surface area contributed by atoms with Crippen LogP contribution < -0.4 is 11.3 Å². The number of benzene rings is 1. The Bertz CT molecular complexity index is 368. The fourth-order valence-electron chi connectivity index (χ4n) is 1.41. The van der Waals surface area contributed by atoms with E-state index in [0.29, 0.717) is 0 Å². The van der Waals surface area contributed by atoms with Crippen LogP contribution in [0.25, 0.3) is 0 Å². The molecule has 1 rings (SSSR count). The standard InChI is InChI=1S/C13H19ClN2S/c1-3-10(2)8-11(16-15)9-17-13-7-5-4-6-12(13)14/h4-7,11,16H,2-3,8-9,15H2,1H3. The molecule has 0 saturated heterocycles. The normalized spacial score (nSPS) is 12.4. The molecule has 1 unspecified atom stereocenters. The Labute approximate surface area is 113 Å². The molecule has 94 valence electrons. The summed E-state index contributed by atoms with van der Waals surface area (Å²) in [7, 11) is 0. The average molecular weight is 271 g/mol. The Balaban J connectivity index is 2.48. The van der Waals surface area contributed by atoms with Crippen LogP contribution >= 0.6 is 23.4 Å². The summed E-state index contributed by atoms with van der Waals surface area (Å²) in [5, 5.41) is 0.794. The van der Waals surface area contributed by atoms with Gasteiger partial charge in [0.15, 0.2) is 0 Å². The Morgan fingerprint density at radius 3 is 2.82 bits per heavy atom. The van der Waals surface area contributed by atoms with E-state index in [-0.39, 0.29) is 6.04 Å². The molecular formula is C13H19ClN2S. The van der Waals surface area contributed by atoms with Crippen LogP contribution in [-0.4, -0.2) is 11.8 Å². The maximum Gasteiger partial charge on any atom is 0.0541 e. The van der Waals surface area contributed by atoms with Crippen molar-refractivity contribution in [2.75, 3.05) is 5.75 Å². The lowest BCUT2D eigenvalue weighted by Crippen LogP contribution is -2.37. The first-order valence-corrected chi connectivity index (χ1v) is 7.03. The molecule has 1 aromatic carbocycles. The highest BCUT2D eigenvalue weighted by Gasteiger charge is 2.09. The van der Waals surface area contributed by atoms with Crippen molar-refractivity contribution < 1.29 is 0 Å². The molecule has 1 atom stereocenters. The molecule has 0 bridgehead atoms. The van der Waals surface area contributed by atoms with Crippen LogP contribution in [0.15, 0.2) is 41.3 Å². The molecule has 0 saturated carbocycles. The minimum absolute atomic E-state index is 0.240. The predicted octanol–water partition coefficient (Wildman–Crippen LogP) is 3.62. The van der Waals surface area contributed by atoms with Gasteiger partial charge in [0.05, 0.1) is 5.02 Å². The average Bonchev–Trinajstić information content (AvgIpc) is 2.35. The molecule has 0 fully saturated rings. The third-order valence-corrected chi connectivity index (χ3v) is 4.23. The van der Waals surface area contributed by atoms with Gasteiger partial charge in [0.25, 0.3) is 0 Å². The number of rotatable bonds is 7. The Kier molecular flexibility index (Phi) is 6.66. The predicted molar refractivity (Wildman–Crippen MR) is 77.3 cm³/mol. The number of nitrogens with one attached hydrogen (secondary N) is 1. The van der Waals surface area contributed by atoms with Crippen LogP contribution in [0.4, 0.5) is 0 Å². The summed E-state index contributed by atoms with van der Waals surface area (Å²) in [4.78, 5) is 1.09. The van der Waals surface area contributed by atoms with Crippen LogP contribution in [0.3, 0.4) is 0 Å². The molecular weight excluding hydrogens is 252 g/mol. The Hall–Kier alpha value is -0.480. The topological polar surface area (TPSA) is 38.0 Å². The van der Waals surface area contributed by atoms with E-state index in [9.17, 15) is 0 Å². The fraction of sp³-hybridized carbons (Fsp3) is 0.385. The second-order valence-corrected chi connectivity index (χ2v) is 5.38. The number of nitrogens with two attached hydrogens (primary N) is 1. The zero-order valence-corrected chi connectivity index (χ0v) is 11.7. The quantitative estimate of drug-likeness (QED) is 0.344. The van der Waals surface area contributed by atoms with Crippen LogP contribution in [0.2, 0.25) is 5.02 Å².